The van der Waals surface area contributed by atoms with Crippen molar-refractivity contribution in [3.8, 4) is 0 Å². The minimum Gasteiger partial charge on any atom is -0.377 e. The molecule has 1 aromatic carbocycles. The Morgan fingerprint density at radius 3 is 2.54 bits per heavy atom. The van der Waals surface area contributed by atoms with E-state index in [0.29, 0.717) is 12.0 Å². The Morgan fingerprint density at radius 2 is 1.79 bits per heavy atom. The van der Waals surface area contributed by atoms with Crippen LogP contribution in [0.3, 0.4) is 0 Å². The van der Waals surface area contributed by atoms with Crippen LogP contribution in [-0.4, -0.2) is 35.8 Å². The lowest BCUT2D eigenvalue weighted by Gasteiger charge is -2.38. The highest BCUT2D eigenvalue weighted by atomic mass is 16.5. The molecule has 0 spiro atoms. The maximum absolute atomic E-state index is 6.31. The third-order valence-electron chi connectivity index (χ3n) is 5.08. The summed E-state index contributed by atoms with van der Waals surface area (Å²) in [4.78, 5) is 11.2. The van der Waals surface area contributed by atoms with Gasteiger partial charge in [0.2, 0.25) is 5.95 Å². The molecule has 1 saturated carbocycles. The third kappa shape index (κ3) is 3.93. The van der Waals surface area contributed by atoms with Crippen molar-refractivity contribution in [2.45, 2.75) is 31.8 Å². The molecule has 4 rings (SSSR count). The summed E-state index contributed by atoms with van der Waals surface area (Å²) in [5.74, 6) is 2.15. The molecule has 0 unspecified atom stereocenters. The molecule has 0 radical (unpaired) electrons. The summed E-state index contributed by atoms with van der Waals surface area (Å²) in [5, 5.41) is 0. The van der Waals surface area contributed by atoms with E-state index < -0.39 is 0 Å². The van der Waals surface area contributed by atoms with Gasteiger partial charge in [-0.1, -0.05) is 30.3 Å². The number of ether oxygens (including phenoxy) is 1. The molecule has 1 aromatic heterocycles. The molecule has 1 saturated heterocycles. The highest BCUT2D eigenvalue weighted by Crippen LogP contribution is 2.32. The van der Waals surface area contributed by atoms with Gasteiger partial charge in [-0.05, 0) is 43.2 Å². The molecular formula is C20H25N3O. The quantitative estimate of drug-likeness (QED) is 0.817. The van der Waals surface area contributed by atoms with Crippen molar-refractivity contribution in [1.29, 1.82) is 0 Å². The second kappa shape index (κ2) is 7.31. The van der Waals surface area contributed by atoms with Crippen LogP contribution in [0.15, 0.2) is 48.8 Å². The molecule has 2 atom stereocenters. The van der Waals surface area contributed by atoms with Crippen LogP contribution < -0.4 is 4.90 Å². The first-order valence-electron chi connectivity index (χ1n) is 9.06. The average Bonchev–Trinajstić information content (AvgIpc) is 3.47. The van der Waals surface area contributed by atoms with Gasteiger partial charge in [0, 0.05) is 38.0 Å². The van der Waals surface area contributed by atoms with Crippen molar-refractivity contribution in [3.63, 3.8) is 0 Å². The Kier molecular flexibility index (Phi) is 4.74. The number of hydrogen-bond acceptors (Lipinski definition) is 4. The number of benzene rings is 1. The fraction of sp³-hybridized carbons (Fsp3) is 0.500. The van der Waals surface area contributed by atoms with Gasteiger partial charge in [-0.15, -0.1) is 0 Å². The van der Waals surface area contributed by atoms with Crippen LogP contribution in [0.25, 0.3) is 0 Å². The minimum absolute atomic E-state index is 0.353. The zero-order chi connectivity index (χ0) is 16.2. The van der Waals surface area contributed by atoms with E-state index >= 15 is 0 Å². The predicted octanol–water partition coefficient (Wildman–Crippen LogP) is 3.34. The van der Waals surface area contributed by atoms with Crippen LogP contribution in [0.4, 0.5) is 5.95 Å². The van der Waals surface area contributed by atoms with Crippen LogP contribution in [0.2, 0.25) is 0 Å². The van der Waals surface area contributed by atoms with Crippen LogP contribution >= 0.6 is 0 Å². The highest BCUT2D eigenvalue weighted by Gasteiger charge is 2.32. The lowest BCUT2D eigenvalue weighted by molar-refractivity contribution is -0.00500. The molecule has 0 bridgehead atoms. The summed E-state index contributed by atoms with van der Waals surface area (Å²) in [6.45, 7) is 2.89. The van der Waals surface area contributed by atoms with Gasteiger partial charge >= 0.3 is 0 Å². The van der Waals surface area contributed by atoms with Crippen molar-refractivity contribution >= 4 is 5.95 Å². The molecule has 4 nitrogen and oxygen atoms in total. The first-order valence-corrected chi connectivity index (χ1v) is 9.06. The number of anilines is 1. The number of aromatic nitrogens is 2. The second-order valence-electron chi connectivity index (χ2n) is 7.05. The molecule has 0 amide bonds. The fourth-order valence-corrected chi connectivity index (χ4v) is 3.52. The summed E-state index contributed by atoms with van der Waals surface area (Å²) in [7, 11) is 0. The van der Waals surface area contributed by atoms with Crippen molar-refractivity contribution in [1.82, 2.24) is 9.97 Å². The molecule has 2 aliphatic rings. The van der Waals surface area contributed by atoms with E-state index in [-0.39, 0.29) is 0 Å². The highest BCUT2D eigenvalue weighted by molar-refractivity contribution is 5.30. The average molecular weight is 323 g/mol. The van der Waals surface area contributed by atoms with Crippen LogP contribution in [-0.2, 0) is 11.2 Å². The summed E-state index contributed by atoms with van der Waals surface area (Å²) in [6, 6.07) is 12.6. The molecule has 2 aromatic rings. The van der Waals surface area contributed by atoms with E-state index in [1.165, 1.54) is 18.4 Å². The van der Waals surface area contributed by atoms with Crippen LogP contribution in [0.5, 0.6) is 0 Å². The molecule has 1 aliphatic heterocycles. The molecular weight excluding hydrogens is 298 g/mol. The van der Waals surface area contributed by atoms with E-state index in [1.807, 2.05) is 18.5 Å². The van der Waals surface area contributed by atoms with Gasteiger partial charge in [0.15, 0.2) is 0 Å². The SMILES string of the molecule is c1ccc(C[C@@H]2CN(c3ncccn3)CC[C@H]2OCC2CC2)cc1. The molecule has 0 N–H and O–H groups in total. The smallest absolute Gasteiger partial charge is 0.225 e. The Labute approximate surface area is 143 Å². The Balaban J connectivity index is 1.46. The zero-order valence-electron chi connectivity index (χ0n) is 14.1. The zero-order valence-corrected chi connectivity index (χ0v) is 14.1. The summed E-state index contributed by atoms with van der Waals surface area (Å²) < 4.78 is 6.31. The summed E-state index contributed by atoms with van der Waals surface area (Å²) >= 11 is 0. The van der Waals surface area contributed by atoms with E-state index in [4.69, 9.17) is 4.74 Å². The Bertz CT molecular complexity index is 630. The molecule has 4 heteroatoms. The molecule has 1 aliphatic carbocycles. The van der Waals surface area contributed by atoms with Gasteiger partial charge in [-0.25, -0.2) is 9.97 Å². The van der Waals surface area contributed by atoms with Crippen molar-refractivity contribution in [3.05, 3.63) is 54.4 Å². The maximum Gasteiger partial charge on any atom is 0.225 e. The molecule has 24 heavy (non-hydrogen) atoms. The summed E-state index contributed by atoms with van der Waals surface area (Å²) in [6.07, 6.45) is 8.81. The van der Waals surface area contributed by atoms with Gasteiger partial charge in [0.05, 0.1) is 6.10 Å². The van der Waals surface area contributed by atoms with Crippen LogP contribution in [0.1, 0.15) is 24.8 Å². The van der Waals surface area contributed by atoms with Crippen molar-refractivity contribution in [2.24, 2.45) is 11.8 Å². The summed E-state index contributed by atoms with van der Waals surface area (Å²) in [5.41, 5.74) is 1.39. The van der Waals surface area contributed by atoms with Gasteiger partial charge in [0.1, 0.15) is 0 Å². The van der Waals surface area contributed by atoms with Gasteiger partial charge < -0.3 is 9.64 Å². The number of piperidine rings is 1. The van der Waals surface area contributed by atoms with E-state index in [0.717, 1.165) is 44.4 Å². The Hall–Kier alpha value is -1.94. The number of hydrogen-bond donors (Lipinski definition) is 0. The van der Waals surface area contributed by atoms with Gasteiger partial charge in [0.25, 0.3) is 0 Å². The van der Waals surface area contributed by atoms with Crippen molar-refractivity contribution in [2.75, 3.05) is 24.6 Å². The predicted molar refractivity (Wildman–Crippen MR) is 95.0 cm³/mol. The van der Waals surface area contributed by atoms with Gasteiger partial charge in [-0.2, -0.15) is 0 Å². The largest absolute Gasteiger partial charge is 0.377 e. The first-order chi connectivity index (χ1) is 11.9. The first kappa shape index (κ1) is 15.6. The monoisotopic (exact) mass is 323 g/mol. The lowest BCUT2D eigenvalue weighted by atomic mass is 9.88. The standard InChI is InChI=1S/C20H25N3O/c1-2-5-16(6-3-1)13-18-14-23(20-21-10-4-11-22-20)12-9-19(18)24-15-17-7-8-17/h1-6,10-11,17-19H,7-9,12-15H2/t18-,19-/m1/s1. The molecule has 2 fully saturated rings. The number of rotatable bonds is 6. The second-order valence-corrected chi connectivity index (χ2v) is 7.05. The fourth-order valence-electron chi connectivity index (χ4n) is 3.52. The molecule has 2 heterocycles. The van der Waals surface area contributed by atoms with E-state index in [9.17, 15) is 0 Å². The number of nitrogens with zero attached hydrogens (tertiary/aromatic N) is 3. The lowest BCUT2D eigenvalue weighted by Crippen LogP contribution is -2.46. The van der Waals surface area contributed by atoms with Gasteiger partial charge in [-0.3, -0.25) is 0 Å². The van der Waals surface area contributed by atoms with Crippen molar-refractivity contribution < 1.29 is 4.74 Å². The third-order valence-corrected chi connectivity index (χ3v) is 5.08. The topological polar surface area (TPSA) is 38.2 Å². The maximum atomic E-state index is 6.31. The Morgan fingerprint density at radius 1 is 1.00 bits per heavy atom. The van der Waals surface area contributed by atoms with E-state index in [1.54, 1.807) is 0 Å². The molecule has 126 valence electrons. The minimum atomic E-state index is 0.353. The van der Waals surface area contributed by atoms with E-state index in [2.05, 4.69) is 45.2 Å². The normalized spacial score (nSPS) is 24.1. The van der Waals surface area contributed by atoms with Crippen LogP contribution in [0, 0.1) is 11.8 Å².